The predicted molar refractivity (Wildman–Crippen MR) is 98.1 cm³/mol. The summed E-state index contributed by atoms with van der Waals surface area (Å²) < 4.78 is 26.3. The van der Waals surface area contributed by atoms with Gasteiger partial charge in [0.1, 0.15) is 0 Å². The molecule has 1 atom stereocenters. The monoisotopic (exact) mass is 346 g/mol. The molecule has 0 aliphatic rings. The first-order valence-electron chi connectivity index (χ1n) is 7.55. The number of benzene rings is 2. The van der Waals surface area contributed by atoms with E-state index in [4.69, 9.17) is 0 Å². The van der Waals surface area contributed by atoms with Gasteiger partial charge in [0.05, 0.1) is 6.10 Å². The lowest BCUT2D eigenvalue weighted by Gasteiger charge is -2.15. The van der Waals surface area contributed by atoms with Crippen LogP contribution in [0.2, 0.25) is 0 Å². The van der Waals surface area contributed by atoms with Crippen molar-refractivity contribution in [2.24, 2.45) is 0 Å². The summed E-state index contributed by atoms with van der Waals surface area (Å²) in [5.41, 5.74) is 2.47. The maximum atomic E-state index is 12.0. The zero-order valence-electron chi connectivity index (χ0n) is 13.8. The van der Waals surface area contributed by atoms with Crippen LogP contribution < -0.4 is 9.62 Å². The summed E-state index contributed by atoms with van der Waals surface area (Å²) in [6, 6.07) is 16.5. The molecule has 0 aliphatic heterocycles. The van der Waals surface area contributed by atoms with Crippen LogP contribution in [0.25, 0.3) is 6.08 Å². The van der Waals surface area contributed by atoms with Gasteiger partial charge in [0.25, 0.3) is 0 Å². The number of rotatable bonds is 7. The van der Waals surface area contributed by atoms with E-state index in [-0.39, 0.29) is 6.54 Å². The number of sulfonamides is 1. The molecule has 0 saturated carbocycles. The smallest absolute Gasteiger partial charge is 0.233 e. The van der Waals surface area contributed by atoms with E-state index in [0.717, 1.165) is 16.7 Å². The van der Waals surface area contributed by atoms with Crippen molar-refractivity contribution in [3.05, 3.63) is 71.1 Å². The zero-order valence-corrected chi connectivity index (χ0v) is 14.6. The predicted octanol–water partition coefficient (Wildman–Crippen LogP) is 2.38. The van der Waals surface area contributed by atoms with Crippen LogP contribution in [0.15, 0.2) is 60.0 Å². The number of nitrogens with zero attached hydrogens (tertiary/aromatic N) is 1. The summed E-state index contributed by atoms with van der Waals surface area (Å²) in [7, 11) is 0.255. The fraction of sp³-hybridized carbons (Fsp3) is 0.222. The molecule has 0 aliphatic carbocycles. The lowest BCUT2D eigenvalue weighted by atomic mass is 10.1. The minimum atomic E-state index is -3.60. The van der Waals surface area contributed by atoms with Gasteiger partial charge in [-0.25, -0.2) is 13.1 Å². The molecule has 2 rings (SSSR count). The van der Waals surface area contributed by atoms with Crippen molar-refractivity contribution in [3.8, 4) is 0 Å². The molecule has 128 valence electrons. The van der Waals surface area contributed by atoms with Crippen LogP contribution in [-0.4, -0.2) is 34.2 Å². The molecular weight excluding hydrogens is 324 g/mol. The molecule has 0 heterocycles. The first-order valence-corrected chi connectivity index (χ1v) is 9.10. The molecule has 1 unspecified atom stereocenters. The Hall–Kier alpha value is -2.15. The minimum Gasteiger partial charge on any atom is -0.387 e. The molecule has 5 nitrogen and oxygen atoms in total. The molecule has 2 N–H and O–H groups in total. The quantitative estimate of drug-likeness (QED) is 0.808. The highest BCUT2D eigenvalue weighted by atomic mass is 32.2. The van der Waals surface area contributed by atoms with Crippen molar-refractivity contribution in [2.45, 2.75) is 6.10 Å². The number of hydrogen-bond acceptors (Lipinski definition) is 4. The van der Waals surface area contributed by atoms with Crippen molar-refractivity contribution in [2.75, 3.05) is 25.5 Å². The summed E-state index contributed by atoms with van der Waals surface area (Å²) in [6.45, 7) is -0.0806. The fourth-order valence-corrected chi connectivity index (χ4v) is 2.91. The molecule has 24 heavy (non-hydrogen) atoms. The second-order valence-electron chi connectivity index (χ2n) is 5.61. The third-order valence-electron chi connectivity index (χ3n) is 3.51. The first-order chi connectivity index (χ1) is 11.4. The van der Waals surface area contributed by atoms with Crippen LogP contribution in [0.3, 0.4) is 0 Å². The average Bonchev–Trinajstić information content (AvgIpc) is 2.59. The molecule has 0 bridgehead atoms. The van der Waals surface area contributed by atoms with Gasteiger partial charge in [-0.05, 0) is 29.3 Å². The van der Waals surface area contributed by atoms with E-state index in [1.54, 1.807) is 12.1 Å². The van der Waals surface area contributed by atoms with Crippen molar-refractivity contribution in [3.63, 3.8) is 0 Å². The van der Waals surface area contributed by atoms with Crippen LogP contribution in [0.4, 0.5) is 5.69 Å². The second kappa shape index (κ2) is 8.10. The highest BCUT2D eigenvalue weighted by Crippen LogP contribution is 2.17. The van der Waals surface area contributed by atoms with E-state index in [9.17, 15) is 13.5 Å². The van der Waals surface area contributed by atoms with Crippen LogP contribution in [-0.2, 0) is 10.0 Å². The number of aliphatic hydroxyl groups excluding tert-OH is 1. The highest BCUT2D eigenvalue weighted by molar-refractivity contribution is 7.92. The Morgan fingerprint density at radius 1 is 1.08 bits per heavy atom. The maximum Gasteiger partial charge on any atom is 0.233 e. The Morgan fingerprint density at radius 3 is 2.29 bits per heavy atom. The molecule has 2 aromatic carbocycles. The van der Waals surface area contributed by atoms with Crippen molar-refractivity contribution in [1.29, 1.82) is 0 Å². The van der Waals surface area contributed by atoms with E-state index < -0.39 is 16.1 Å². The molecule has 0 fully saturated rings. The fourth-order valence-electron chi connectivity index (χ4n) is 2.09. The van der Waals surface area contributed by atoms with Crippen molar-refractivity contribution in [1.82, 2.24) is 4.72 Å². The lowest BCUT2D eigenvalue weighted by Crippen LogP contribution is -2.26. The topological polar surface area (TPSA) is 69.6 Å². The van der Waals surface area contributed by atoms with Gasteiger partial charge in [-0.3, -0.25) is 0 Å². The summed E-state index contributed by atoms with van der Waals surface area (Å²) in [6.07, 6.45) is 0.613. The number of nitrogens with one attached hydrogen (secondary N) is 1. The zero-order chi connectivity index (χ0) is 17.6. The van der Waals surface area contributed by atoms with Gasteiger partial charge in [-0.15, -0.1) is 0 Å². The van der Waals surface area contributed by atoms with E-state index in [2.05, 4.69) is 4.72 Å². The normalized spacial score (nSPS) is 13.1. The molecule has 0 saturated heterocycles. The van der Waals surface area contributed by atoms with Crippen molar-refractivity contribution >= 4 is 21.8 Å². The van der Waals surface area contributed by atoms with Gasteiger partial charge in [0.15, 0.2) is 0 Å². The van der Waals surface area contributed by atoms with Crippen LogP contribution in [0.5, 0.6) is 0 Å². The second-order valence-corrected chi connectivity index (χ2v) is 7.26. The molecule has 0 amide bonds. The maximum absolute atomic E-state index is 12.0. The Kier molecular flexibility index (Phi) is 6.14. The van der Waals surface area contributed by atoms with Gasteiger partial charge in [-0.2, -0.15) is 0 Å². The van der Waals surface area contributed by atoms with Gasteiger partial charge >= 0.3 is 0 Å². The third-order valence-corrected chi connectivity index (χ3v) is 4.57. The van der Waals surface area contributed by atoms with E-state index in [0.29, 0.717) is 5.56 Å². The van der Waals surface area contributed by atoms with E-state index in [1.165, 1.54) is 6.08 Å². The van der Waals surface area contributed by atoms with Crippen LogP contribution >= 0.6 is 0 Å². The highest BCUT2D eigenvalue weighted by Gasteiger charge is 2.12. The lowest BCUT2D eigenvalue weighted by molar-refractivity contribution is 0.182. The SMILES string of the molecule is CN(C)c1ccc(C(O)CNS(=O)(=O)/C=C/c2ccccc2)cc1. The Bertz CT molecular complexity index is 770. The molecule has 6 heteroatoms. The van der Waals surface area contributed by atoms with Gasteiger partial charge in [-0.1, -0.05) is 42.5 Å². The van der Waals surface area contributed by atoms with E-state index >= 15 is 0 Å². The van der Waals surface area contributed by atoms with Crippen LogP contribution in [0.1, 0.15) is 17.2 Å². The van der Waals surface area contributed by atoms with E-state index in [1.807, 2.05) is 61.5 Å². The first kappa shape index (κ1) is 18.2. The Labute approximate surface area is 143 Å². The summed E-state index contributed by atoms with van der Waals surface area (Å²) in [5, 5.41) is 11.2. The largest absolute Gasteiger partial charge is 0.387 e. The standard InChI is InChI=1S/C18H22N2O3S/c1-20(2)17-10-8-16(9-11-17)18(21)14-19-24(22,23)13-12-15-6-4-3-5-7-15/h3-13,18-19,21H,14H2,1-2H3/b13-12+. The third kappa shape index (κ3) is 5.49. The average molecular weight is 346 g/mol. The molecule has 0 spiro atoms. The van der Waals surface area contributed by atoms with Gasteiger partial charge < -0.3 is 10.0 Å². The number of anilines is 1. The summed E-state index contributed by atoms with van der Waals surface area (Å²) in [4.78, 5) is 1.95. The molecule has 0 radical (unpaired) electrons. The van der Waals surface area contributed by atoms with Gasteiger partial charge in [0, 0.05) is 31.7 Å². The van der Waals surface area contributed by atoms with Gasteiger partial charge in [0.2, 0.25) is 10.0 Å². The molecule has 2 aromatic rings. The summed E-state index contributed by atoms with van der Waals surface area (Å²) in [5.74, 6) is 0. The summed E-state index contributed by atoms with van der Waals surface area (Å²) >= 11 is 0. The van der Waals surface area contributed by atoms with Crippen molar-refractivity contribution < 1.29 is 13.5 Å². The number of aliphatic hydroxyl groups is 1. The number of hydrogen-bond donors (Lipinski definition) is 2. The Balaban J connectivity index is 1.94. The molecule has 0 aromatic heterocycles. The molecular formula is C18H22N2O3S. The Morgan fingerprint density at radius 2 is 1.71 bits per heavy atom. The van der Waals surface area contributed by atoms with Crippen LogP contribution in [0, 0.1) is 0 Å². The minimum absolute atomic E-state index is 0.0806.